The standard InChI is InChI=1S/C12H22N4O3/c1-8-14-13-7-16(8)10(17)9-5-15(6-9)11(18)19-12(2,3)4/h7-10,14,17H,5-6H2,1-4H3. The van der Waals surface area contributed by atoms with Crippen LogP contribution in [0.1, 0.15) is 27.7 Å². The Balaban J connectivity index is 1.79. The van der Waals surface area contributed by atoms with Crippen LogP contribution in [0.15, 0.2) is 5.10 Å². The second-order valence-corrected chi connectivity index (χ2v) is 6.06. The van der Waals surface area contributed by atoms with Crippen molar-refractivity contribution in [2.75, 3.05) is 13.1 Å². The predicted octanol–water partition coefficient (Wildman–Crippen LogP) is 0.366. The third-order valence-electron chi connectivity index (χ3n) is 3.19. The molecular formula is C12H22N4O3. The summed E-state index contributed by atoms with van der Waals surface area (Å²) < 4.78 is 5.27. The van der Waals surface area contributed by atoms with Crippen LogP contribution in [-0.4, -0.2) is 58.4 Å². The van der Waals surface area contributed by atoms with Crippen molar-refractivity contribution in [2.45, 2.75) is 45.7 Å². The summed E-state index contributed by atoms with van der Waals surface area (Å²) in [5, 5.41) is 14.1. The zero-order valence-electron chi connectivity index (χ0n) is 11.8. The number of rotatable bonds is 2. The topological polar surface area (TPSA) is 77.4 Å². The number of hydrogen-bond acceptors (Lipinski definition) is 6. The maximum Gasteiger partial charge on any atom is 0.410 e. The molecule has 2 aliphatic heterocycles. The monoisotopic (exact) mass is 270 g/mol. The second kappa shape index (κ2) is 4.88. The van der Waals surface area contributed by atoms with E-state index in [9.17, 15) is 9.90 Å². The number of carbonyl (C=O) groups excluding carboxylic acids is 1. The summed E-state index contributed by atoms with van der Waals surface area (Å²) in [7, 11) is 0. The first kappa shape index (κ1) is 13.9. The average Bonchev–Trinajstić information content (AvgIpc) is 2.58. The molecule has 2 rings (SSSR count). The van der Waals surface area contributed by atoms with E-state index in [-0.39, 0.29) is 18.2 Å². The predicted molar refractivity (Wildman–Crippen MR) is 70.2 cm³/mol. The first-order chi connectivity index (χ1) is 8.78. The smallest absolute Gasteiger partial charge is 0.410 e. The summed E-state index contributed by atoms with van der Waals surface area (Å²) in [5.41, 5.74) is 2.36. The van der Waals surface area contributed by atoms with Gasteiger partial charge in [0, 0.05) is 19.0 Å². The van der Waals surface area contributed by atoms with Gasteiger partial charge in [0.25, 0.3) is 0 Å². The molecule has 108 valence electrons. The number of hydrazone groups is 1. The Bertz CT molecular complexity index is 374. The molecule has 7 nitrogen and oxygen atoms in total. The van der Waals surface area contributed by atoms with Gasteiger partial charge in [-0.2, -0.15) is 5.10 Å². The lowest BCUT2D eigenvalue weighted by Crippen LogP contribution is -2.60. The normalized spacial score (nSPS) is 25.0. The molecule has 2 heterocycles. The molecule has 0 aliphatic carbocycles. The van der Waals surface area contributed by atoms with Gasteiger partial charge in [-0.1, -0.05) is 0 Å². The van der Waals surface area contributed by atoms with Gasteiger partial charge in [-0.05, 0) is 27.7 Å². The molecular weight excluding hydrogens is 248 g/mol. The van der Waals surface area contributed by atoms with Gasteiger partial charge in [0.1, 0.15) is 24.3 Å². The lowest BCUT2D eigenvalue weighted by atomic mass is 9.98. The van der Waals surface area contributed by atoms with Crippen LogP contribution in [0, 0.1) is 5.92 Å². The van der Waals surface area contributed by atoms with Gasteiger partial charge < -0.3 is 19.6 Å². The number of amides is 1. The van der Waals surface area contributed by atoms with E-state index in [1.165, 1.54) is 0 Å². The Hall–Kier alpha value is -1.50. The van der Waals surface area contributed by atoms with Gasteiger partial charge in [-0.15, -0.1) is 0 Å². The molecule has 2 N–H and O–H groups in total. The van der Waals surface area contributed by atoms with E-state index in [0.717, 1.165) is 0 Å². The summed E-state index contributed by atoms with van der Waals surface area (Å²) >= 11 is 0. The fourth-order valence-corrected chi connectivity index (χ4v) is 2.09. The Morgan fingerprint density at radius 2 is 2.16 bits per heavy atom. The molecule has 1 fully saturated rings. The number of aliphatic hydroxyl groups excluding tert-OH is 1. The molecule has 1 amide bonds. The van der Waals surface area contributed by atoms with Crippen LogP contribution in [-0.2, 0) is 4.74 Å². The van der Waals surface area contributed by atoms with Gasteiger partial charge in [-0.3, -0.25) is 5.43 Å². The highest BCUT2D eigenvalue weighted by Gasteiger charge is 2.40. The van der Waals surface area contributed by atoms with E-state index >= 15 is 0 Å². The summed E-state index contributed by atoms with van der Waals surface area (Å²) in [6.45, 7) is 8.45. The second-order valence-electron chi connectivity index (χ2n) is 6.06. The zero-order chi connectivity index (χ0) is 14.2. The van der Waals surface area contributed by atoms with Crippen molar-refractivity contribution in [2.24, 2.45) is 11.0 Å². The lowest BCUT2D eigenvalue weighted by molar-refractivity contribution is -0.0759. The quantitative estimate of drug-likeness (QED) is 0.758. The number of likely N-dealkylation sites (tertiary alicyclic amines) is 1. The van der Waals surface area contributed by atoms with E-state index in [1.807, 2.05) is 27.7 Å². The minimum absolute atomic E-state index is 0.0226. The molecule has 0 aromatic heterocycles. The molecule has 19 heavy (non-hydrogen) atoms. The van der Waals surface area contributed by atoms with Crippen LogP contribution in [0.2, 0.25) is 0 Å². The van der Waals surface area contributed by atoms with Crippen molar-refractivity contribution >= 4 is 12.4 Å². The van der Waals surface area contributed by atoms with E-state index in [2.05, 4.69) is 10.5 Å². The van der Waals surface area contributed by atoms with Gasteiger partial charge in [0.15, 0.2) is 0 Å². The maximum atomic E-state index is 11.8. The van der Waals surface area contributed by atoms with Crippen molar-refractivity contribution < 1.29 is 14.6 Å². The molecule has 0 bridgehead atoms. The van der Waals surface area contributed by atoms with Crippen molar-refractivity contribution in [1.82, 2.24) is 15.2 Å². The molecule has 0 spiro atoms. The van der Waals surface area contributed by atoms with Crippen LogP contribution >= 0.6 is 0 Å². The molecule has 0 saturated carbocycles. The number of carbonyl (C=O) groups is 1. The summed E-state index contributed by atoms with van der Waals surface area (Å²) in [5.74, 6) is 0.0290. The molecule has 0 aromatic rings. The summed E-state index contributed by atoms with van der Waals surface area (Å²) in [6, 6.07) is 0. The van der Waals surface area contributed by atoms with Crippen LogP contribution in [0.4, 0.5) is 4.79 Å². The molecule has 2 atom stereocenters. The number of ether oxygens (including phenoxy) is 1. The van der Waals surface area contributed by atoms with Gasteiger partial charge in [0.2, 0.25) is 0 Å². The largest absolute Gasteiger partial charge is 0.444 e. The van der Waals surface area contributed by atoms with E-state index in [4.69, 9.17) is 4.74 Å². The number of hydrogen-bond donors (Lipinski definition) is 2. The lowest BCUT2D eigenvalue weighted by Gasteiger charge is -2.44. The van der Waals surface area contributed by atoms with Crippen LogP contribution in [0.5, 0.6) is 0 Å². The van der Waals surface area contributed by atoms with Crippen LogP contribution < -0.4 is 5.43 Å². The third-order valence-corrected chi connectivity index (χ3v) is 3.19. The molecule has 2 aliphatic rings. The molecule has 1 saturated heterocycles. The highest BCUT2D eigenvalue weighted by molar-refractivity contribution is 5.69. The van der Waals surface area contributed by atoms with Gasteiger partial charge in [0.05, 0.1) is 0 Å². The van der Waals surface area contributed by atoms with E-state index in [1.54, 1.807) is 16.1 Å². The zero-order valence-corrected chi connectivity index (χ0v) is 11.8. The Morgan fingerprint density at radius 1 is 1.53 bits per heavy atom. The van der Waals surface area contributed by atoms with Crippen molar-refractivity contribution in [1.29, 1.82) is 0 Å². The Kier molecular flexibility index (Phi) is 3.58. The van der Waals surface area contributed by atoms with Crippen molar-refractivity contribution in [3.63, 3.8) is 0 Å². The van der Waals surface area contributed by atoms with Crippen molar-refractivity contribution in [3.8, 4) is 0 Å². The SMILES string of the molecule is CC1NN=CN1C(O)C1CN(C(=O)OC(C)(C)C)C1. The average molecular weight is 270 g/mol. The highest BCUT2D eigenvalue weighted by Crippen LogP contribution is 2.24. The Morgan fingerprint density at radius 3 is 2.63 bits per heavy atom. The van der Waals surface area contributed by atoms with Crippen LogP contribution in [0.3, 0.4) is 0 Å². The molecule has 7 heteroatoms. The third kappa shape index (κ3) is 3.09. The number of nitrogens with zero attached hydrogens (tertiary/aromatic N) is 3. The number of nitrogens with one attached hydrogen (secondary N) is 1. The Labute approximate surface area is 113 Å². The fourth-order valence-electron chi connectivity index (χ4n) is 2.09. The summed E-state index contributed by atoms with van der Waals surface area (Å²) in [4.78, 5) is 15.1. The van der Waals surface area contributed by atoms with Gasteiger partial charge in [-0.25, -0.2) is 4.79 Å². The summed E-state index contributed by atoms with van der Waals surface area (Å²) in [6.07, 6.45) is 0.612. The van der Waals surface area contributed by atoms with Crippen LogP contribution in [0.25, 0.3) is 0 Å². The first-order valence-electron chi connectivity index (χ1n) is 6.50. The first-order valence-corrected chi connectivity index (χ1v) is 6.50. The van der Waals surface area contributed by atoms with E-state index in [0.29, 0.717) is 13.1 Å². The fraction of sp³-hybridized carbons (Fsp3) is 0.833. The minimum Gasteiger partial charge on any atom is -0.444 e. The van der Waals surface area contributed by atoms with E-state index < -0.39 is 11.8 Å². The minimum atomic E-state index is -0.632. The molecule has 0 radical (unpaired) electrons. The maximum absolute atomic E-state index is 11.8. The van der Waals surface area contributed by atoms with Crippen molar-refractivity contribution in [3.05, 3.63) is 0 Å². The number of aliphatic hydroxyl groups is 1. The molecule has 0 aromatic carbocycles. The van der Waals surface area contributed by atoms with Gasteiger partial charge >= 0.3 is 6.09 Å². The highest BCUT2D eigenvalue weighted by atomic mass is 16.6. The molecule has 2 unspecified atom stereocenters.